The fraction of sp³-hybridized carbons (Fsp3) is 0.400. The molecule has 3 N–H and O–H groups in total. The van der Waals surface area contributed by atoms with Crippen molar-refractivity contribution in [2.45, 2.75) is 13.3 Å². The maximum atomic E-state index is 11.9. The van der Waals surface area contributed by atoms with Crippen molar-refractivity contribution in [1.82, 2.24) is 15.1 Å². The Balaban J connectivity index is 2.12. The predicted octanol–water partition coefficient (Wildman–Crippen LogP) is 0.784. The van der Waals surface area contributed by atoms with Crippen LogP contribution in [0.2, 0.25) is 0 Å². The molecular formula is C10H14N4O. The van der Waals surface area contributed by atoms with E-state index in [0.29, 0.717) is 18.1 Å². The van der Waals surface area contributed by atoms with Crippen molar-refractivity contribution in [3.63, 3.8) is 0 Å². The number of anilines is 1. The third-order valence-electron chi connectivity index (χ3n) is 2.45. The van der Waals surface area contributed by atoms with E-state index >= 15 is 0 Å². The van der Waals surface area contributed by atoms with Gasteiger partial charge in [0.1, 0.15) is 11.5 Å². The summed E-state index contributed by atoms with van der Waals surface area (Å²) >= 11 is 0. The van der Waals surface area contributed by atoms with Crippen molar-refractivity contribution >= 4 is 11.7 Å². The monoisotopic (exact) mass is 206 g/mol. The van der Waals surface area contributed by atoms with Crippen LogP contribution in [0.1, 0.15) is 23.8 Å². The fourth-order valence-electron chi connectivity index (χ4n) is 1.70. The average Bonchev–Trinajstić information content (AvgIpc) is 2.64. The molecule has 2 rings (SSSR count). The molecule has 0 aromatic carbocycles. The summed E-state index contributed by atoms with van der Waals surface area (Å²) in [5, 5.41) is 6.37. The number of carbonyl (C=O) groups is 1. The third kappa shape index (κ3) is 2.01. The SMILES string of the molecule is CC1=CCCN(C(=O)c2cc(N)n[nH]2)C1. The second-order valence-electron chi connectivity index (χ2n) is 3.77. The molecule has 0 unspecified atom stereocenters. The molecule has 2 heterocycles. The van der Waals surface area contributed by atoms with Crippen molar-refractivity contribution in [2.24, 2.45) is 0 Å². The number of carbonyl (C=O) groups excluding carboxylic acids is 1. The Hall–Kier alpha value is -1.78. The van der Waals surface area contributed by atoms with Crippen molar-refractivity contribution < 1.29 is 4.79 Å². The summed E-state index contributed by atoms with van der Waals surface area (Å²) in [5.74, 6) is 0.314. The van der Waals surface area contributed by atoms with Gasteiger partial charge >= 0.3 is 0 Å². The van der Waals surface area contributed by atoms with Gasteiger partial charge < -0.3 is 10.6 Å². The molecular weight excluding hydrogens is 192 g/mol. The molecule has 1 aliphatic rings. The third-order valence-corrected chi connectivity index (χ3v) is 2.45. The largest absolute Gasteiger partial charge is 0.382 e. The number of hydrogen-bond donors (Lipinski definition) is 2. The number of nitrogens with one attached hydrogen (secondary N) is 1. The average molecular weight is 206 g/mol. The topological polar surface area (TPSA) is 75.0 Å². The van der Waals surface area contributed by atoms with Gasteiger partial charge in [-0.15, -0.1) is 0 Å². The molecule has 0 spiro atoms. The number of nitrogen functional groups attached to an aromatic ring is 1. The minimum Gasteiger partial charge on any atom is -0.382 e. The highest BCUT2D eigenvalue weighted by molar-refractivity contribution is 5.93. The molecule has 0 atom stereocenters. The highest BCUT2D eigenvalue weighted by atomic mass is 16.2. The van der Waals surface area contributed by atoms with Gasteiger partial charge in [0, 0.05) is 19.2 Å². The van der Waals surface area contributed by atoms with Crippen LogP contribution in [0.4, 0.5) is 5.82 Å². The highest BCUT2D eigenvalue weighted by Gasteiger charge is 2.19. The van der Waals surface area contributed by atoms with Gasteiger partial charge in [-0.1, -0.05) is 11.6 Å². The Morgan fingerprint density at radius 1 is 1.67 bits per heavy atom. The van der Waals surface area contributed by atoms with Crippen LogP contribution in [-0.4, -0.2) is 34.1 Å². The molecule has 0 bridgehead atoms. The molecule has 0 saturated heterocycles. The van der Waals surface area contributed by atoms with E-state index in [-0.39, 0.29) is 5.91 Å². The molecule has 0 aliphatic carbocycles. The quantitative estimate of drug-likeness (QED) is 0.667. The lowest BCUT2D eigenvalue weighted by Crippen LogP contribution is -2.35. The summed E-state index contributed by atoms with van der Waals surface area (Å²) in [6, 6.07) is 1.57. The van der Waals surface area contributed by atoms with E-state index in [2.05, 4.69) is 16.3 Å². The number of amides is 1. The molecule has 1 aromatic heterocycles. The first-order valence-corrected chi connectivity index (χ1v) is 4.92. The van der Waals surface area contributed by atoms with Gasteiger partial charge in [-0.3, -0.25) is 9.89 Å². The Kier molecular flexibility index (Phi) is 2.45. The second-order valence-corrected chi connectivity index (χ2v) is 3.77. The number of rotatable bonds is 1. The van der Waals surface area contributed by atoms with E-state index in [0.717, 1.165) is 13.0 Å². The Morgan fingerprint density at radius 3 is 3.07 bits per heavy atom. The zero-order valence-electron chi connectivity index (χ0n) is 8.66. The van der Waals surface area contributed by atoms with E-state index < -0.39 is 0 Å². The van der Waals surface area contributed by atoms with Crippen LogP contribution >= 0.6 is 0 Å². The molecule has 80 valence electrons. The summed E-state index contributed by atoms with van der Waals surface area (Å²) in [6.07, 6.45) is 3.08. The first-order valence-electron chi connectivity index (χ1n) is 4.92. The molecule has 0 fully saturated rings. The zero-order chi connectivity index (χ0) is 10.8. The maximum Gasteiger partial charge on any atom is 0.272 e. The second kappa shape index (κ2) is 3.76. The van der Waals surface area contributed by atoms with Crippen LogP contribution in [0.3, 0.4) is 0 Å². The molecule has 0 radical (unpaired) electrons. The number of nitrogens with two attached hydrogens (primary N) is 1. The number of hydrogen-bond acceptors (Lipinski definition) is 3. The van der Waals surface area contributed by atoms with Crippen molar-refractivity contribution in [2.75, 3.05) is 18.8 Å². The number of aromatic nitrogens is 2. The summed E-state index contributed by atoms with van der Waals surface area (Å²) < 4.78 is 0. The van der Waals surface area contributed by atoms with E-state index in [1.165, 1.54) is 5.57 Å². The summed E-state index contributed by atoms with van der Waals surface area (Å²) in [6.45, 7) is 3.48. The minimum atomic E-state index is -0.0355. The van der Waals surface area contributed by atoms with E-state index in [1.54, 1.807) is 11.0 Å². The zero-order valence-corrected chi connectivity index (χ0v) is 8.66. The van der Waals surface area contributed by atoms with Gasteiger partial charge in [0.05, 0.1) is 0 Å². The molecule has 1 amide bonds. The summed E-state index contributed by atoms with van der Waals surface area (Å²) in [7, 11) is 0. The van der Waals surface area contributed by atoms with Crippen LogP contribution in [0.5, 0.6) is 0 Å². The van der Waals surface area contributed by atoms with Crippen molar-refractivity contribution in [3.05, 3.63) is 23.4 Å². The molecule has 5 nitrogen and oxygen atoms in total. The molecule has 1 aliphatic heterocycles. The first kappa shape index (κ1) is 9.76. The lowest BCUT2D eigenvalue weighted by Gasteiger charge is -2.25. The highest BCUT2D eigenvalue weighted by Crippen LogP contribution is 2.12. The molecule has 1 aromatic rings. The first-order chi connectivity index (χ1) is 7.16. The summed E-state index contributed by atoms with van der Waals surface area (Å²) in [5.41, 5.74) is 7.13. The molecule has 15 heavy (non-hydrogen) atoms. The van der Waals surface area contributed by atoms with Crippen molar-refractivity contribution in [1.29, 1.82) is 0 Å². The van der Waals surface area contributed by atoms with Crippen LogP contribution in [-0.2, 0) is 0 Å². The standard InChI is InChI=1S/C10H14N4O/c1-7-3-2-4-14(6-7)10(15)8-5-9(11)13-12-8/h3,5H,2,4,6H2,1H3,(H3,11,12,13). The van der Waals surface area contributed by atoms with Gasteiger partial charge in [-0.25, -0.2) is 0 Å². The van der Waals surface area contributed by atoms with E-state index in [1.807, 2.05) is 6.92 Å². The summed E-state index contributed by atoms with van der Waals surface area (Å²) in [4.78, 5) is 13.7. The Bertz CT molecular complexity index is 407. The number of aromatic amines is 1. The lowest BCUT2D eigenvalue weighted by atomic mass is 10.1. The van der Waals surface area contributed by atoms with Gasteiger partial charge in [0.2, 0.25) is 0 Å². The maximum absolute atomic E-state index is 11.9. The molecule has 0 saturated carbocycles. The van der Waals surface area contributed by atoms with Gasteiger partial charge in [0.15, 0.2) is 0 Å². The minimum absolute atomic E-state index is 0.0355. The number of H-pyrrole nitrogens is 1. The van der Waals surface area contributed by atoms with E-state index in [4.69, 9.17) is 5.73 Å². The Labute approximate surface area is 87.9 Å². The molecule has 5 heteroatoms. The predicted molar refractivity (Wildman–Crippen MR) is 57.3 cm³/mol. The van der Waals surface area contributed by atoms with Crippen LogP contribution in [0.15, 0.2) is 17.7 Å². The van der Waals surface area contributed by atoms with E-state index in [9.17, 15) is 4.79 Å². The fourth-order valence-corrected chi connectivity index (χ4v) is 1.70. The van der Waals surface area contributed by atoms with Crippen LogP contribution in [0, 0.1) is 0 Å². The number of nitrogens with zero attached hydrogens (tertiary/aromatic N) is 2. The van der Waals surface area contributed by atoms with Crippen LogP contribution < -0.4 is 5.73 Å². The van der Waals surface area contributed by atoms with Gasteiger partial charge in [0.25, 0.3) is 5.91 Å². The normalized spacial score (nSPS) is 16.3. The smallest absolute Gasteiger partial charge is 0.272 e. The van der Waals surface area contributed by atoms with Gasteiger partial charge in [-0.2, -0.15) is 5.10 Å². The van der Waals surface area contributed by atoms with Crippen LogP contribution in [0.25, 0.3) is 0 Å². The van der Waals surface area contributed by atoms with Gasteiger partial charge in [-0.05, 0) is 13.3 Å². The Morgan fingerprint density at radius 2 is 2.47 bits per heavy atom. The van der Waals surface area contributed by atoms with Crippen molar-refractivity contribution in [3.8, 4) is 0 Å². The lowest BCUT2D eigenvalue weighted by molar-refractivity contribution is 0.0760.